The van der Waals surface area contributed by atoms with Gasteiger partial charge in [0.2, 0.25) is 0 Å². The van der Waals surface area contributed by atoms with Crippen molar-refractivity contribution in [2.24, 2.45) is 12.0 Å². The van der Waals surface area contributed by atoms with Gasteiger partial charge in [0.15, 0.2) is 0 Å². The number of hydrogen-bond acceptors (Lipinski definition) is 6. The first-order chi connectivity index (χ1) is 11.4. The molecule has 0 aliphatic heterocycles. The summed E-state index contributed by atoms with van der Waals surface area (Å²) in [7, 11) is 1.94. The van der Waals surface area contributed by atoms with Crippen LogP contribution in [0.2, 0.25) is 0 Å². The number of carboxylic acids is 2. The fraction of sp³-hybridized carbons (Fsp3) is 0.250. The Kier molecular flexibility index (Phi) is 10.6. The molecule has 0 saturated heterocycles. The Hall–Kier alpha value is -2.64. The number of rotatable bonds is 6. The van der Waals surface area contributed by atoms with Gasteiger partial charge in [-0.2, -0.15) is 0 Å². The number of para-hydroxylation sites is 1. The Labute approximate surface area is 155 Å². The van der Waals surface area contributed by atoms with Gasteiger partial charge in [0.05, 0.1) is 18.3 Å². The van der Waals surface area contributed by atoms with E-state index in [0.29, 0.717) is 0 Å². The molecular formula is C16H17CuN3O5. The van der Waals surface area contributed by atoms with Crippen LogP contribution in [-0.2, 0) is 33.7 Å². The molecule has 1 radical (unpaired) electrons. The van der Waals surface area contributed by atoms with Gasteiger partial charge in [-0.1, -0.05) is 24.3 Å². The van der Waals surface area contributed by atoms with E-state index in [-0.39, 0.29) is 41.2 Å². The fourth-order valence-electron chi connectivity index (χ4n) is 1.60. The van der Waals surface area contributed by atoms with Crippen LogP contribution in [0.3, 0.4) is 0 Å². The number of hydrogen-bond donors (Lipinski definition) is 1. The average Bonchev–Trinajstić information content (AvgIpc) is 3.00. The molecule has 137 valence electrons. The second kappa shape index (κ2) is 11.8. The Balaban J connectivity index is 0.000000693. The first kappa shape index (κ1) is 22.4. The fourth-order valence-corrected chi connectivity index (χ4v) is 1.60. The molecule has 0 fully saturated rings. The quantitative estimate of drug-likeness (QED) is 0.523. The van der Waals surface area contributed by atoms with Crippen molar-refractivity contribution in [2.75, 3.05) is 0 Å². The van der Waals surface area contributed by atoms with Crippen LogP contribution in [-0.4, -0.2) is 38.9 Å². The molecule has 8 nitrogen and oxygen atoms in total. The van der Waals surface area contributed by atoms with Crippen LogP contribution in [0, 0.1) is 0 Å². The molecule has 0 aliphatic carbocycles. The number of aliphatic imine (C=N–C) groups is 1. The maximum Gasteiger partial charge on any atom is 2.00 e. The van der Waals surface area contributed by atoms with Crippen molar-refractivity contribution in [1.29, 1.82) is 0 Å². The standard InChI is InChI=1S/C12H13NO5.C4H6N2.Cu/c14-10-4-2-1-3-8(10)7-13-9(12(17)18)5-6-11(15)16;1-6-3-2-5-4-6;/h1-4,7,9,14H,5-6H2,(H,15,16)(H,17,18);2-4H,1H3;/q;;+2/p-2/t9-;;/m0../s1. The molecule has 0 aliphatic rings. The minimum atomic E-state index is -1.46. The molecule has 0 unspecified atom stereocenters. The number of carboxylic acid groups (broad SMARTS) is 2. The molecule has 1 atom stereocenters. The number of nitrogens with zero attached hydrogens (tertiary/aromatic N) is 3. The van der Waals surface area contributed by atoms with Gasteiger partial charge in [0, 0.05) is 32.1 Å². The molecule has 1 aromatic carbocycles. The van der Waals surface area contributed by atoms with Gasteiger partial charge in [-0.25, -0.2) is 4.98 Å². The predicted octanol–water partition coefficient (Wildman–Crippen LogP) is -0.420. The monoisotopic (exact) mass is 394 g/mol. The third kappa shape index (κ3) is 9.29. The van der Waals surface area contributed by atoms with Crippen molar-refractivity contribution >= 4 is 18.2 Å². The minimum absolute atomic E-state index is 0. The van der Waals surface area contributed by atoms with Gasteiger partial charge in [-0.05, 0) is 12.0 Å². The first-order valence-corrected chi connectivity index (χ1v) is 7.04. The molecule has 0 amide bonds. The van der Waals surface area contributed by atoms with Crippen LogP contribution >= 0.6 is 0 Å². The van der Waals surface area contributed by atoms with E-state index in [4.69, 9.17) is 5.11 Å². The number of carbonyl (C=O) groups excluding carboxylic acids is 1. The SMILES string of the molecule is Cn1ccnc1.O=C(O)CC[C@H](N=Cc1ccccc1[O-])C(=O)[O-].[Cu+2]. The zero-order chi connectivity index (χ0) is 17.9. The van der Waals surface area contributed by atoms with E-state index in [2.05, 4.69) is 9.98 Å². The van der Waals surface area contributed by atoms with Crippen LogP contribution < -0.4 is 10.2 Å². The van der Waals surface area contributed by atoms with Gasteiger partial charge in [0.1, 0.15) is 0 Å². The van der Waals surface area contributed by atoms with E-state index in [1.165, 1.54) is 12.1 Å². The average molecular weight is 395 g/mol. The first-order valence-electron chi connectivity index (χ1n) is 7.04. The van der Waals surface area contributed by atoms with E-state index in [1.54, 1.807) is 24.7 Å². The maximum atomic E-state index is 11.3. The Bertz CT molecular complexity index is 689. The Morgan fingerprint density at radius 3 is 2.52 bits per heavy atom. The van der Waals surface area contributed by atoms with Crippen LogP contribution in [0.25, 0.3) is 0 Å². The summed E-state index contributed by atoms with van der Waals surface area (Å²) >= 11 is 0. The topological polar surface area (TPSA) is 131 Å². The smallest absolute Gasteiger partial charge is 0.872 e. The van der Waals surface area contributed by atoms with Gasteiger partial charge in [-0.15, -0.1) is 5.75 Å². The Morgan fingerprint density at radius 1 is 1.40 bits per heavy atom. The van der Waals surface area contributed by atoms with Crippen molar-refractivity contribution in [3.05, 3.63) is 48.5 Å². The van der Waals surface area contributed by atoms with Crippen LogP contribution in [0.15, 0.2) is 48.0 Å². The third-order valence-corrected chi connectivity index (χ3v) is 2.85. The van der Waals surface area contributed by atoms with E-state index in [9.17, 15) is 19.8 Å². The second-order valence-corrected chi connectivity index (χ2v) is 4.81. The summed E-state index contributed by atoms with van der Waals surface area (Å²) in [5.74, 6) is -2.85. The van der Waals surface area contributed by atoms with E-state index in [0.717, 1.165) is 6.21 Å². The van der Waals surface area contributed by atoms with Crippen molar-refractivity contribution in [3.8, 4) is 5.75 Å². The number of aliphatic carboxylic acids is 2. The molecule has 1 N–H and O–H groups in total. The molecule has 1 aromatic heterocycles. The summed E-state index contributed by atoms with van der Waals surface area (Å²) in [5, 5.41) is 30.5. The van der Waals surface area contributed by atoms with Gasteiger partial charge >= 0.3 is 23.0 Å². The molecule has 2 aromatic rings. The molecule has 2 rings (SSSR count). The van der Waals surface area contributed by atoms with Gasteiger partial charge in [-0.3, -0.25) is 9.79 Å². The van der Waals surface area contributed by atoms with E-state index in [1.807, 2.05) is 17.8 Å². The van der Waals surface area contributed by atoms with Crippen molar-refractivity contribution < 1.29 is 42.0 Å². The molecule has 0 saturated carbocycles. The Morgan fingerprint density at radius 2 is 2.08 bits per heavy atom. The molecule has 1 heterocycles. The summed E-state index contributed by atoms with van der Waals surface area (Å²) in [6.45, 7) is 0. The molecule has 0 spiro atoms. The molecule has 9 heteroatoms. The van der Waals surface area contributed by atoms with Crippen LogP contribution in [0.4, 0.5) is 0 Å². The van der Waals surface area contributed by atoms with Crippen molar-refractivity contribution in [3.63, 3.8) is 0 Å². The maximum absolute atomic E-state index is 11.3. The van der Waals surface area contributed by atoms with Crippen LogP contribution in [0.5, 0.6) is 5.75 Å². The molecular weight excluding hydrogens is 378 g/mol. The van der Waals surface area contributed by atoms with Crippen molar-refractivity contribution in [1.82, 2.24) is 9.55 Å². The summed E-state index contributed by atoms with van der Waals surface area (Å²) in [6.07, 6.45) is 6.02. The zero-order valence-electron chi connectivity index (χ0n) is 13.3. The third-order valence-electron chi connectivity index (χ3n) is 2.85. The van der Waals surface area contributed by atoms with Crippen molar-refractivity contribution in [2.45, 2.75) is 18.9 Å². The van der Waals surface area contributed by atoms with E-state index < -0.39 is 18.0 Å². The number of aryl methyl sites for hydroxylation is 1. The number of aromatic nitrogens is 2. The molecule has 0 bridgehead atoms. The summed E-state index contributed by atoms with van der Waals surface area (Å²) in [4.78, 5) is 28.5. The van der Waals surface area contributed by atoms with Gasteiger partial charge < -0.3 is 24.7 Å². The van der Waals surface area contributed by atoms with E-state index >= 15 is 0 Å². The zero-order valence-corrected chi connectivity index (χ0v) is 14.3. The summed E-state index contributed by atoms with van der Waals surface area (Å²) in [5.41, 5.74) is 0.249. The number of benzene rings is 1. The second-order valence-electron chi connectivity index (χ2n) is 4.81. The largest absolute Gasteiger partial charge is 2.00 e. The number of imidazole rings is 1. The summed E-state index contributed by atoms with van der Waals surface area (Å²) in [6, 6.07) is 4.73. The normalized spacial score (nSPS) is 11.1. The minimum Gasteiger partial charge on any atom is -0.872 e. The summed E-state index contributed by atoms with van der Waals surface area (Å²) < 4.78 is 1.89. The predicted molar refractivity (Wildman–Crippen MR) is 82.4 cm³/mol. The number of carbonyl (C=O) groups is 2. The van der Waals surface area contributed by atoms with Gasteiger partial charge in [0.25, 0.3) is 0 Å². The molecule has 25 heavy (non-hydrogen) atoms. The van der Waals surface area contributed by atoms with Crippen LogP contribution in [0.1, 0.15) is 18.4 Å².